The van der Waals surface area contributed by atoms with Crippen LogP contribution >= 0.6 is 0 Å². The molecule has 0 spiro atoms. The van der Waals surface area contributed by atoms with Crippen LogP contribution in [0.3, 0.4) is 0 Å². The first-order valence-corrected chi connectivity index (χ1v) is 12.9. The summed E-state index contributed by atoms with van der Waals surface area (Å²) < 4.78 is 28.4. The fourth-order valence-corrected chi connectivity index (χ4v) is 6.26. The van der Waals surface area contributed by atoms with E-state index in [4.69, 9.17) is 0 Å². The van der Waals surface area contributed by atoms with E-state index in [-0.39, 0.29) is 17.9 Å². The third-order valence-corrected chi connectivity index (χ3v) is 7.99. The predicted octanol–water partition coefficient (Wildman–Crippen LogP) is 5.27. The van der Waals surface area contributed by atoms with Crippen molar-refractivity contribution >= 4 is 17.3 Å². The summed E-state index contributed by atoms with van der Waals surface area (Å²) in [5.41, 5.74) is -0.375. The molecule has 0 radical (unpaired) electrons. The topological polar surface area (TPSA) is 86.3 Å². The summed E-state index contributed by atoms with van der Waals surface area (Å²) in [6.45, 7) is 0. The highest BCUT2D eigenvalue weighted by Crippen LogP contribution is 2.49. The van der Waals surface area contributed by atoms with Crippen molar-refractivity contribution in [1.82, 2.24) is 10.3 Å². The van der Waals surface area contributed by atoms with E-state index >= 15 is 0 Å². The van der Waals surface area contributed by atoms with Gasteiger partial charge in [0.25, 0.3) is 0 Å². The Labute approximate surface area is 204 Å². The molecule has 35 heavy (non-hydrogen) atoms. The van der Waals surface area contributed by atoms with Gasteiger partial charge >= 0.3 is 0 Å². The van der Waals surface area contributed by atoms with E-state index in [0.717, 1.165) is 69.9 Å². The van der Waals surface area contributed by atoms with Crippen LogP contribution in [0.15, 0.2) is 36.5 Å². The number of hydrogen-bond donors (Lipinski definition) is 4. The molecule has 2 unspecified atom stereocenters. The quantitative estimate of drug-likeness (QED) is 0.449. The van der Waals surface area contributed by atoms with Gasteiger partial charge in [-0.3, -0.25) is 9.78 Å². The van der Waals surface area contributed by atoms with Crippen molar-refractivity contribution in [2.24, 2.45) is 11.8 Å². The number of rotatable bonds is 6. The standard InChI is InChI=1S/C27H34F2N4O2/c28-19-15-22-23(16-20(19)29)33-27(32-22,25(34)21-13-7-8-14-30-21)24(17-9-3-1-4-10-17)26(35)31-18-11-5-2-6-12-18/h7-8,13-18,24-25,32-34H,1-6,9-12H2,(H,31,35). The number of nitrogens with one attached hydrogen (secondary N) is 3. The van der Waals surface area contributed by atoms with Gasteiger partial charge in [-0.2, -0.15) is 0 Å². The van der Waals surface area contributed by atoms with E-state index in [1.807, 2.05) is 0 Å². The van der Waals surface area contributed by atoms with Crippen molar-refractivity contribution in [2.45, 2.75) is 82.0 Å². The molecule has 5 rings (SSSR count). The zero-order valence-corrected chi connectivity index (χ0v) is 19.9. The van der Waals surface area contributed by atoms with E-state index in [1.54, 1.807) is 24.4 Å². The molecule has 2 heterocycles. The lowest BCUT2D eigenvalue weighted by Crippen LogP contribution is -2.62. The predicted molar refractivity (Wildman–Crippen MR) is 131 cm³/mol. The Morgan fingerprint density at radius 2 is 1.57 bits per heavy atom. The number of aliphatic hydroxyl groups is 1. The third kappa shape index (κ3) is 4.73. The molecule has 4 N–H and O–H groups in total. The highest BCUT2D eigenvalue weighted by molar-refractivity contribution is 5.86. The first-order valence-electron chi connectivity index (χ1n) is 12.9. The van der Waals surface area contributed by atoms with E-state index in [9.17, 15) is 18.7 Å². The molecule has 2 aliphatic carbocycles. The summed E-state index contributed by atoms with van der Waals surface area (Å²) in [5, 5.41) is 21.6. The van der Waals surface area contributed by atoms with Crippen LogP contribution in [0.5, 0.6) is 0 Å². The maximum atomic E-state index is 14.2. The van der Waals surface area contributed by atoms with E-state index in [0.29, 0.717) is 17.1 Å². The number of aliphatic hydroxyl groups excluding tert-OH is 1. The highest BCUT2D eigenvalue weighted by Gasteiger charge is 2.56. The fraction of sp³-hybridized carbons (Fsp3) is 0.556. The summed E-state index contributed by atoms with van der Waals surface area (Å²) in [6, 6.07) is 7.51. The number of carbonyl (C=O) groups excluding carboxylic acids is 1. The summed E-state index contributed by atoms with van der Waals surface area (Å²) in [5.74, 6) is -2.79. The highest BCUT2D eigenvalue weighted by atomic mass is 19.2. The molecule has 0 bridgehead atoms. The zero-order chi connectivity index (χ0) is 24.4. The number of hydrogen-bond acceptors (Lipinski definition) is 5. The van der Waals surface area contributed by atoms with Crippen LogP contribution < -0.4 is 16.0 Å². The summed E-state index contributed by atoms with van der Waals surface area (Å²) in [7, 11) is 0. The number of benzene rings is 1. The lowest BCUT2D eigenvalue weighted by molar-refractivity contribution is -0.132. The van der Waals surface area contributed by atoms with Crippen LogP contribution in [0.25, 0.3) is 0 Å². The Morgan fingerprint density at radius 3 is 2.14 bits per heavy atom. The Bertz CT molecular complexity index is 1010. The number of anilines is 2. The lowest BCUT2D eigenvalue weighted by atomic mass is 9.70. The van der Waals surface area contributed by atoms with Crippen LogP contribution in [-0.2, 0) is 4.79 Å². The zero-order valence-electron chi connectivity index (χ0n) is 19.9. The van der Waals surface area contributed by atoms with Crippen LogP contribution in [0, 0.1) is 23.5 Å². The summed E-state index contributed by atoms with van der Waals surface area (Å²) >= 11 is 0. The number of fused-ring (bicyclic) bond motifs is 1. The normalized spacial score (nSPS) is 21.9. The molecular weight excluding hydrogens is 450 g/mol. The summed E-state index contributed by atoms with van der Waals surface area (Å²) in [6.07, 6.45) is 10.4. The Hall–Kier alpha value is -2.74. The largest absolute Gasteiger partial charge is 0.382 e. The molecule has 3 aliphatic rings. The molecule has 2 fully saturated rings. The minimum atomic E-state index is -1.41. The lowest BCUT2D eigenvalue weighted by Gasteiger charge is -2.45. The third-order valence-electron chi connectivity index (χ3n) is 7.99. The van der Waals surface area contributed by atoms with Gasteiger partial charge in [0.1, 0.15) is 6.10 Å². The molecule has 1 aromatic heterocycles. The van der Waals surface area contributed by atoms with Gasteiger partial charge in [0, 0.05) is 24.4 Å². The van der Waals surface area contributed by atoms with Crippen LogP contribution in [-0.4, -0.2) is 27.7 Å². The molecule has 0 saturated heterocycles. The second-order valence-electron chi connectivity index (χ2n) is 10.3. The van der Waals surface area contributed by atoms with Gasteiger partial charge in [0.15, 0.2) is 17.3 Å². The molecular formula is C27H34F2N4O2. The molecule has 8 heteroatoms. The molecule has 1 amide bonds. The maximum absolute atomic E-state index is 14.2. The Balaban J connectivity index is 1.57. The molecule has 188 valence electrons. The van der Waals surface area contributed by atoms with Gasteiger partial charge < -0.3 is 21.1 Å². The number of pyridine rings is 1. The van der Waals surface area contributed by atoms with E-state index < -0.39 is 29.3 Å². The summed E-state index contributed by atoms with van der Waals surface area (Å²) in [4.78, 5) is 18.4. The maximum Gasteiger partial charge on any atom is 0.228 e. The monoisotopic (exact) mass is 484 g/mol. The van der Waals surface area contributed by atoms with Gasteiger partial charge in [0.2, 0.25) is 5.91 Å². The molecule has 2 atom stereocenters. The second-order valence-corrected chi connectivity index (χ2v) is 10.3. The molecule has 2 aromatic rings. The smallest absolute Gasteiger partial charge is 0.228 e. The SMILES string of the molecule is O=C(NC1CCCCC1)C(C1CCCCC1)C1(C(O)c2ccccn2)Nc2cc(F)c(F)cc2N1. The second kappa shape index (κ2) is 10.1. The number of carbonyl (C=O) groups is 1. The van der Waals surface area contributed by atoms with E-state index in [2.05, 4.69) is 20.9 Å². The van der Waals surface area contributed by atoms with Gasteiger partial charge in [0.05, 0.1) is 23.0 Å². The molecule has 1 aliphatic heterocycles. The molecule has 2 saturated carbocycles. The van der Waals surface area contributed by atoms with Crippen molar-refractivity contribution in [3.05, 3.63) is 53.9 Å². The van der Waals surface area contributed by atoms with Gasteiger partial charge in [-0.25, -0.2) is 8.78 Å². The number of halogens is 2. The van der Waals surface area contributed by atoms with Crippen molar-refractivity contribution in [3.63, 3.8) is 0 Å². The van der Waals surface area contributed by atoms with Crippen LogP contribution in [0.4, 0.5) is 20.2 Å². The number of aromatic nitrogens is 1. The van der Waals surface area contributed by atoms with Crippen molar-refractivity contribution in [3.8, 4) is 0 Å². The van der Waals surface area contributed by atoms with Crippen LogP contribution in [0.2, 0.25) is 0 Å². The van der Waals surface area contributed by atoms with Crippen molar-refractivity contribution in [1.29, 1.82) is 0 Å². The van der Waals surface area contributed by atoms with Crippen LogP contribution in [0.1, 0.15) is 76.0 Å². The fourth-order valence-electron chi connectivity index (χ4n) is 6.26. The minimum Gasteiger partial charge on any atom is -0.382 e. The average Bonchev–Trinajstić information content (AvgIpc) is 3.24. The first-order chi connectivity index (χ1) is 17.0. The number of nitrogens with zero attached hydrogens (tertiary/aromatic N) is 1. The Kier molecular flexibility index (Phi) is 6.91. The molecule has 6 nitrogen and oxygen atoms in total. The van der Waals surface area contributed by atoms with Crippen molar-refractivity contribution < 1.29 is 18.7 Å². The first kappa shape index (κ1) is 24.0. The average molecular weight is 485 g/mol. The van der Waals surface area contributed by atoms with Gasteiger partial charge in [-0.15, -0.1) is 0 Å². The number of amides is 1. The van der Waals surface area contributed by atoms with Crippen molar-refractivity contribution in [2.75, 3.05) is 10.6 Å². The minimum absolute atomic E-state index is 0.00490. The molecule has 1 aromatic carbocycles. The van der Waals surface area contributed by atoms with E-state index in [1.165, 1.54) is 6.42 Å². The van der Waals surface area contributed by atoms with Gasteiger partial charge in [-0.1, -0.05) is 44.6 Å². The Morgan fingerprint density at radius 1 is 0.971 bits per heavy atom. The van der Waals surface area contributed by atoms with Gasteiger partial charge in [-0.05, 0) is 43.7 Å².